The average Bonchev–Trinajstić information content (AvgIpc) is 3.07. The van der Waals surface area contributed by atoms with Crippen LogP contribution in [0.25, 0.3) is 11.2 Å². The van der Waals surface area contributed by atoms with Crippen molar-refractivity contribution >= 4 is 40.2 Å². The van der Waals surface area contributed by atoms with Gasteiger partial charge < -0.3 is 9.88 Å². The fourth-order valence-electron chi connectivity index (χ4n) is 2.66. The maximum atomic E-state index is 5.94. The van der Waals surface area contributed by atoms with Gasteiger partial charge in [0.05, 0.1) is 12.9 Å². The van der Waals surface area contributed by atoms with E-state index in [1.54, 1.807) is 18.5 Å². The van der Waals surface area contributed by atoms with Crippen LogP contribution in [-0.2, 0) is 6.54 Å². The number of benzene rings is 2. The Morgan fingerprint density at radius 3 is 2.50 bits per heavy atom. The first-order chi connectivity index (χ1) is 12.7. The van der Waals surface area contributed by atoms with Gasteiger partial charge in [-0.25, -0.2) is 10.8 Å². The van der Waals surface area contributed by atoms with Crippen LogP contribution in [0.15, 0.2) is 60.9 Å². The Morgan fingerprint density at radius 1 is 1.00 bits per heavy atom. The number of rotatable bonds is 5. The molecule has 0 saturated carbocycles. The number of nitrogens with zero attached hydrogens (tertiary/aromatic N) is 4. The van der Waals surface area contributed by atoms with Crippen LogP contribution < -0.4 is 16.6 Å². The highest BCUT2D eigenvalue weighted by Gasteiger charge is 2.13. The number of hydrogen-bond donors (Lipinski definition) is 3. The second kappa shape index (κ2) is 6.99. The average molecular weight is 366 g/mol. The minimum atomic E-state index is 0.309. The van der Waals surface area contributed by atoms with Crippen LogP contribution in [0.2, 0.25) is 5.02 Å². The van der Waals surface area contributed by atoms with Gasteiger partial charge in [-0.05, 0) is 29.8 Å². The lowest BCUT2D eigenvalue weighted by atomic mass is 10.2. The van der Waals surface area contributed by atoms with Crippen LogP contribution in [0, 0.1) is 0 Å². The maximum Gasteiger partial charge on any atom is 0.241 e. The van der Waals surface area contributed by atoms with Crippen LogP contribution in [-0.4, -0.2) is 19.5 Å². The molecule has 2 heterocycles. The van der Waals surface area contributed by atoms with E-state index in [0.717, 1.165) is 11.3 Å². The van der Waals surface area contributed by atoms with Crippen molar-refractivity contribution in [3.63, 3.8) is 0 Å². The van der Waals surface area contributed by atoms with E-state index in [2.05, 4.69) is 37.8 Å². The molecule has 4 aromatic rings. The fraction of sp³-hybridized carbons (Fsp3) is 0.0556. The highest BCUT2D eigenvalue weighted by atomic mass is 35.5. The first-order valence-corrected chi connectivity index (χ1v) is 8.37. The molecule has 0 atom stereocenters. The van der Waals surface area contributed by atoms with Crippen molar-refractivity contribution in [3.8, 4) is 0 Å². The minimum absolute atomic E-state index is 0.309. The first-order valence-electron chi connectivity index (χ1n) is 7.99. The number of nitrogen functional groups attached to an aromatic ring is 1. The summed E-state index contributed by atoms with van der Waals surface area (Å²) in [6.07, 6.45) is 1.75. The summed E-state index contributed by atoms with van der Waals surface area (Å²) >= 11 is 5.94. The molecule has 0 aliphatic rings. The van der Waals surface area contributed by atoms with E-state index in [9.17, 15) is 0 Å². The van der Waals surface area contributed by atoms with Crippen molar-refractivity contribution in [2.75, 3.05) is 10.7 Å². The number of anilines is 3. The molecule has 0 spiro atoms. The Labute approximate surface area is 154 Å². The largest absolute Gasteiger partial charge is 0.338 e. The van der Waals surface area contributed by atoms with Gasteiger partial charge in [0.25, 0.3) is 0 Å². The van der Waals surface area contributed by atoms with E-state index in [1.807, 2.05) is 34.9 Å². The topological polar surface area (TPSA) is 93.7 Å². The van der Waals surface area contributed by atoms with Crippen molar-refractivity contribution in [1.29, 1.82) is 0 Å². The van der Waals surface area contributed by atoms with Crippen molar-refractivity contribution in [2.24, 2.45) is 5.84 Å². The normalized spacial score (nSPS) is 10.8. The standard InChI is InChI=1S/C18H16ClN7/c19-13-6-8-14(9-7-13)22-16-15-17(24-18(23-16)25-20)26(11-21-15)10-12-4-2-1-3-5-12/h1-9,11H,10,20H2,(H2,22,23,24,25). The quantitative estimate of drug-likeness (QED) is 0.370. The minimum Gasteiger partial charge on any atom is -0.338 e. The van der Waals surface area contributed by atoms with Gasteiger partial charge in [-0.1, -0.05) is 41.9 Å². The van der Waals surface area contributed by atoms with Gasteiger partial charge in [0.2, 0.25) is 5.95 Å². The lowest BCUT2D eigenvalue weighted by Gasteiger charge is -2.09. The van der Waals surface area contributed by atoms with E-state index >= 15 is 0 Å². The van der Waals surface area contributed by atoms with E-state index in [-0.39, 0.29) is 0 Å². The van der Waals surface area contributed by atoms with Crippen LogP contribution in [0.1, 0.15) is 5.56 Å². The third kappa shape index (κ3) is 3.30. The molecule has 7 nitrogen and oxygen atoms in total. The molecule has 0 saturated heterocycles. The van der Waals surface area contributed by atoms with Gasteiger partial charge in [0, 0.05) is 10.7 Å². The number of halogens is 1. The van der Waals surface area contributed by atoms with Crippen molar-refractivity contribution in [3.05, 3.63) is 71.5 Å². The molecule has 4 rings (SSSR count). The Morgan fingerprint density at radius 2 is 1.77 bits per heavy atom. The summed E-state index contributed by atoms with van der Waals surface area (Å²) in [5.41, 5.74) is 5.86. The van der Waals surface area contributed by atoms with Gasteiger partial charge in [-0.3, -0.25) is 5.43 Å². The van der Waals surface area contributed by atoms with Crippen LogP contribution in [0.3, 0.4) is 0 Å². The summed E-state index contributed by atoms with van der Waals surface area (Å²) in [6, 6.07) is 17.5. The number of hydrazine groups is 1. The third-order valence-electron chi connectivity index (χ3n) is 3.90. The Kier molecular flexibility index (Phi) is 4.39. The number of fused-ring (bicyclic) bond motifs is 1. The zero-order valence-electron chi connectivity index (χ0n) is 13.7. The summed E-state index contributed by atoms with van der Waals surface area (Å²) in [6.45, 7) is 0.652. The number of aromatic nitrogens is 4. The molecule has 8 heteroatoms. The Hall–Kier alpha value is -3.16. The summed E-state index contributed by atoms with van der Waals surface area (Å²) in [4.78, 5) is 13.3. The molecule has 0 bridgehead atoms. The van der Waals surface area contributed by atoms with Crippen molar-refractivity contribution in [2.45, 2.75) is 6.54 Å². The Balaban J connectivity index is 1.74. The maximum absolute atomic E-state index is 5.94. The molecule has 4 N–H and O–H groups in total. The van der Waals surface area contributed by atoms with Gasteiger partial charge in [0.1, 0.15) is 0 Å². The number of hydrogen-bond acceptors (Lipinski definition) is 6. The van der Waals surface area contributed by atoms with Crippen LogP contribution in [0.5, 0.6) is 0 Å². The summed E-state index contributed by atoms with van der Waals surface area (Å²) < 4.78 is 1.96. The number of imidazole rings is 1. The highest BCUT2D eigenvalue weighted by molar-refractivity contribution is 6.30. The van der Waals surface area contributed by atoms with E-state index in [0.29, 0.717) is 34.5 Å². The fourth-order valence-corrected chi connectivity index (χ4v) is 2.79. The molecule has 0 amide bonds. The van der Waals surface area contributed by atoms with E-state index < -0.39 is 0 Å². The third-order valence-corrected chi connectivity index (χ3v) is 4.15. The van der Waals surface area contributed by atoms with Crippen molar-refractivity contribution < 1.29 is 0 Å². The molecule has 2 aromatic heterocycles. The SMILES string of the molecule is NNc1nc(Nc2ccc(Cl)cc2)c2ncn(Cc3ccccc3)c2n1. The molecular formula is C18H16ClN7. The zero-order chi connectivity index (χ0) is 17.9. The molecule has 0 fully saturated rings. The van der Waals surface area contributed by atoms with E-state index in [1.165, 1.54) is 0 Å². The summed E-state index contributed by atoms with van der Waals surface area (Å²) in [5.74, 6) is 6.42. The summed E-state index contributed by atoms with van der Waals surface area (Å²) in [7, 11) is 0. The second-order valence-electron chi connectivity index (χ2n) is 5.70. The molecule has 0 aliphatic heterocycles. The second-order valence-corrected chi connectivity index (χ2v) is 6.14. The molecular weight excluding hydrogens is 350 g/mol. The lowest BCUT2D eigenvalue weighted by molar-refractivity contribution is 0.813. The van der Waals surface area contributed by atoms with Gasteiger partial charge >= 0.3 is 0 Å². The van der Waals surface area contributed by atoms with Gasteiger partial charge in [0.15, 0.2) is 17.0 Å². The highest BCUT2D eigenvalue weighted by Crippen LogP contribution is 2.25. The lowest BCUT2D eigenvalue weighted by Crippen LogP contribution is -2.12. The van der Waals surface area contributed by atoms with Gasteiger partial charge in [-0.2, -0.15) is 9.97 Å². The Bertz CT molecular complexity index is 1030. The molecule has 2 aromatic carbocycles. The summed E-state index contributed by atoms with van der Waals surface area (Å²) in [5, 5.41) is 3.91. The molecule has 130 valence electrons. The zero-order valence-corrected chi connectivity index (χ0v) is 14.5. The van der Waals surface area contributed by atoms with E-state index in [4.69, 9.17) is 17.4 Å². The number of nitrogens with one attached hydrogen (secondary N) is 2. The molecule has 0 aliphatic carbocycles. The molecule has 26 heavy (non-hydrogen) atoms. The molecule has 0 unspecified atom stereocenters. The van der Waals surface area contributed by atoms with Crippen molar-refractivity contribution in [1.82, 2.24) is 19.5 Å². The predicted molar refractivity (Wildman–Crippen MR) is 103 cm³/mol. The number of nitrogens with two attached hydrogens (primary N) is 1. The predicted octanol–water partition coefficient (Wildman–Crippen LogP) is 3.56. The van der Waals surface area contributed by atoms with Gasteiger partial charge in [-0.15, -0.1) is 0 Å². The monoisotopic (exact) mass is 365 g/mol. The first kappa shape index (κ1) is 16.3. The van der Waals surface area contributed by atoms with Crippen LogP contribution >= 0.6 is 11.6 Å². The molecule has 0 radical (unpaired) electrons. The van der Waals surface area contributed by atoms with Crippen LogP contribution in [0.4, 0.5) is 17.5 Å². The smallest absolute Gasteiger partial charge is 0.241 e.